The van der Waals surface area contributed by atoms with Gasteiger partial charge in [-0.1, -0.05) is 30.3 Å². The number of fused-ring (bicyclic) bond motifs is 1. The molecule has 1 unspecified atom stereocenters. The van der Waals surface area contributed by atoms with Crippen LogP contribution in [0.5, 0.6) is 0 Å². The van der Waals surface area contributed by atoms with Crippen LogP contribution in [-0.4, -0.2) is 55.7 Å². The molecule has 0 radical (unpaired) electrons. The molecule has 1 aliphatic carbocycles. The van der Waals surface area contributed by atoms with Gasteiger partial charge >= 0.3 is 5.97 Å². The van der Waals surface area contributed by atoms with Crippen LogP contribution in [0.25, 0.3) is 0 Å². The summed E-state index contributed by atoms with van der Waals surface area (Å²) < 4.78 is 0. The van der Waals surface area contributed by atoms with E-state index in [0.717, 1.165) is 52.0 Å². The zero-order valence-corrected chi connectivity index (χ0v) is 17.8. The number of benzene rings is 2. The highest BCUT2D eigenvalue weighted by molar-refractivity contribution is 5.89. The third-order valence-corrected chi connectivity index (χ3v) is 6.21. The highest BCUT2D eigenvalue weighted by Crippen LogP contribution is 2.36. The monoisotopic (exact) mass is 405 g/mol. The summed E-state index contributed by atoms with van der Waals surface area (Å²) in [5.41, 5.74) is 4.49. The van der Waals surface area contributed by atoms with E-state index in [1.165, 1.54) is 16.8 Å². The van der Waals surface area contributed by atoms with Gasteiger partial charge in [-0.2, -0.15) is 0 Å². The van der Waals surface area contributed by atoms with E-state index in [1.807, 2.05) is 31.3 Å². The summed E-state index contributed by atoms with van der Waals surface area (Å²) in [4.78, 5) is 23.1. The van der Waals surface area contributed by atoms with E-state index in [1.54, 1.807) is 17.2 Å². The lowest BCUT2D eigenvalue weighted by Gasteiger charge is -2.37. The minimum Gasteiger partial charge on any atom is -0.369 e. The molecule has 0 saturated carbocycles. The average Bonchev–Trinajstić information content (AvgIpc) is 2.79. The minimum atomic E-state index is -0.306. The van der Waals surface area contributed by atoms with Gasteiger partial charge in [0.2, 0.25) is 0 Å². The number of hydroxylamine groups is 2. The maximum atomic E-state index is 12.5. The molecule has 4 rings (SSSR count). The molecule has 1 atom stereocenters. The third kappa shape index (κ3) is 4.58. The maximum absolute atomic E-state index is 12.5. The van der Waals surface area contributed by atoms with Crippen molar-refractivity contribution in [3.63, 3.8) is 0 Å². The van der Waals surface area contributed by atoms with Gasteiger partial charge in [-0.05, 0) is 54.7 Å². The van der Waals surface area contributed by atoms with Crippen molar-refractivity contribution in [1.29, 1.82) is 0 Å². The smallest absolute Gasteiger partial charge is 0.357 e. The van der Waals surface area contributed by atoms with E-state index in [0.29, 0.717) is 5.56 Å². The number of aryl methyl sites for hydroxylation is 1. The Bertz CT molecular complexity index is 875. The molecule has 0 N–H and O–H groups in total. The molecule has 2 aromatic carbocycles. The first kappa shape index (κ1) is 20.6. The fraction of sp³-hybridized carbons (Fsp3) is 0.400. The number of nitrogens with zero attached hydrogens (tertiary/aromatic N) is 3. The molecular formula is C25H31N3O2. The molecular weight excluding hydrogens is 374 g/mol. The van der Waals surface area contributed by atoms with Crippen molar-refractivity contribution in [2.45, 2.75) is 25.3 Å². The number of carbonyl (C=O) groups is 1. The Kier molecular flexibility index (Phi) is 6.50. The van der Waals surface area contributed by atoms with Gasteiger partial charge < -0.3 is 9.74 Å². The van der Waals surface area contributed by atoms with Gasteiger partial charge in [0.25, 0.3) is 0 Å². The lowest BCUT2D eigenvalue weighted by Crippen LogP contribution is -2.46. The summed E-state index contributed by atoms with van der Waals surface area (Å²) in [6, 6.07) is 16.1. The fourth-order valence-electron chi connectivity index (χ4n) is 4.53. The molecule has 1 saturated heterocycles. The molecule has 0 bridgehead atoms. The molecule has 2 aromatic rings. The Morgan fingerprint density at radius 1 is 1.17 bits per heavy atom. The first-order chi connectivity index (χ1) is 14.7. The van der Waals surface area contributed by atoms with Crippen molar-refractivity contribution in [2.75, 3.05) is 44.7 Å². The Labute approximate surface area is 179 Å². The van der Waals surface area contributed by atoms with E-state index >= 15 is 0 Å². The lowest BCUT2D eigenvalue weighted by molar-refractivity contribution is -0.123. The molecule has 2 aliphatic rings. The standard InChI is InChI=1S/C25H31N3O2/c1-3-14-27-15-17-28(18-16-27)22-13-12-20-10-7-11-24(23(20)19-22)26(2)30-25(29)21-8-5-4-6-9-21/h3-6,8-9,12-13,19,24H,1,7,10-11,14-18H2,2H3. The summed E-state index contributed by atoms with van der Waals surface area (Å²) in [6.07, 6.45) is 5.15. The normalized spacial score (nSPS) is 19.4. The number of hydrogen-bond donors (Lipinski definition) is 0. The Morgan fingerprint density at radius 2 is 1.93 bits per heavy atom. The summed E-state index contributed by atoms with van der Waals surface area (Å²) in [5.74, 6) is -0.306. The number of carbonyl (C=O) groups excluding carboxylic acids is 1. The van der Waals surface area contributed by atoms with Crippen molar-refractivity contribution < 1.29 is 9.63 Å². The van der Waals surface area contributed by atoms with Crippen LogP contribution in [0, 0.1) is 0 Å². The number of hydrogen-bond acceptors (Lipinski definition) is 5. The molecule has 30 heavy (non-hydrogen) atoms. The number of rotatable bonds is 6. The van der Waals surface area contributed by atoms with Crippen LogP contribution in [0.3, 0.4) is 0 Å². The zero-order valence-electron chi connectivity index (χ0n) is 17.8. The van der Waals surface area contributed by atoms with Gasteiger partial charge in [0.1, 0.15) is 0 Å². The maximum Gasteiger partial charge on any atom is 0.357 e. The summed E-state index contributed by atoms with van der Waals surface area (Å²) >= 11 is 0. The SMILES string of the molecule is C=CCN1CCN(c2ccc3c(c2)C(N(C)OC(=O)c2ccccc2)CCC3)CC1. The van der Waals surface area contributed by atoms with Crippen LogP contribution in [0.1, 0.15) is 40.4 Å². The van der Waals surface area contributed by atoms with Gasteiger partial charge in [0, 0.05) is 45.5 Å². The summed E-state index contributed by atoms with van der Waals surface area (Å²) in [7, 11) is 1.88. The van der Waals surface area contributed by atoms with Crippen molar-refractivity contribution in [2.24, 2.45) is 0 Å². The molecule has 5 heteroatoms. The van der Waals surface area contributed by atoms with Crippen LogP contribution in [0.2, 0.25) is 0 Å². The molecule has 5 nitrogen and oxygen atoms in total. The van der Waals surface area contributed by atoms with Gasteiger partial charge in [-0.3, -0.25) is 4.90 Å². The highest BCUT2D eigenvalue weighted by Gasteiger charge is 2.28. The van der Waals surface area contributed by atoms with Crippen molar-refractivity contribution in [3.05, 3.63) is 77.9 Å². The second kappa shape index (κ2) is 9.45. The predicted molar refractivity (Wildman–Crippen MR) is 121 cm³/mol. The number of piperazine rings is 1. The minimum absolute atomic E-state index is 0.0865. The van der Waals surface area contributed by atoms with Crippen LogP contribution in [-0.2, 0) is 11.3 Å². The average molecular weight is 406 g/mol. The van der Waals surface area contributed by atoms with E-state index < -0.39 is 0 Å². The van der Waals surface area contributed by atoms with E-state index in [9.17, 15) is 4.79 Å². The predicted octanol–water partition coefficient (Wildman–Crippen LogP) is 4.08. The highest BCUT2D eigenvalue weighted by atomic mass is 16.7. The molecule has 1 fully saturated rings. The molecule has 0 aromatic heterocycles. The zero-order chi connectivity index (χ0) is 20.9. The Hall–Kier alpha value is -2.63. The van der Waals surface area contributed by atoms with Gasteiger partial charge in [0.05, 0.1) is 11.6 Å². The van der Waals surface area contributed by atoms with Crippen LogP contribution in [0.15, 0.2) is 61.2 Å². The topological polar surface area (TPSA) is 36.0 Å². The Balaban J connectivity index is 1.48. The summed E-state index contributed by atoms with van der Waals surface area (Å²) in [6.45, 7) is 8.97. The van der Waals surface area contributed by atoms with E-state index in [2.05, 4.69) is 34.6 Å². The van der Waals surface area contributed by atoms with Gasteiger partial charge in [0.15, 0.2) is 0 Å². The second-order valence-corrected chi connectivity index (χ2v) is 8.16. The van der Waals surface area contributed by atoms with E-state index in [4.69, 9.17) is 4.84 Å². The first-order valence-electron chi connectivity index (χ1n) is 10.9. The first-order valence-corrected chi connectivity index (χ1v) is 10.9. The Morgan fingerprint density at radius 3 is 2.67 bits per heavy atom. The molecule has 0 amide bonds. The van der Waals surface area contributed by atoms with Crippen LogP contribution >= 0.6 is 0 Å². The summed E-state index contributed by atoms with van der Waals surface area (Å²) in [5, 5.41) is 1.75. The fourth-order valence-corrected chi connectivity index (χ4v) is 4.53. The van der Waals surface area contributed by atoms with Gasteiger partial charge in [-0.25, -0.2) is 4.79 Å². The molecule has 1 heterocycles. The van der Waals surface area contributed by atoms with Crippen molar-refractivity contribution >= 4 is 11.7 Å². The molecule has 1 aliphatic heterocycles. The molecule has 158 valence electrons. The van der Waals surface area contributed by atoms with Crippen molar-refractivity contribution in [1.82, 2.24) is 9.96 Å². The molecule has 0 spiro atoms. The van der Waals surface area contributed by atoms with Crippen LogP contribution < -0.4 is 4.90 Å². The second-order valence-electron chi connectivity index (χ2n) is 8.16. The lowest BCUT2D eigenvalue weighted by atomic mass is 9.87. The van der Waals surface area contributed by atoms with E-state index in [-0.39, 0.29) is 12.0 Å². The van der Waals surface area contributed by atoms with Crippen molar-refractivity contribution in [3.8, 4) is 0 Å². The quantitative estimate of drug-likeness (QED) is 0.535. The van der Waals surface area contributed by atoms with Gasteiger partial charge in [-0.15, -0.1) is 11.6 Å². The third-order valence-electron chi connectivity index (χ3n) is 6.21. The largest absolute Gasteiger partial charge is 0.369 e. The number of anilines is 1. The van der Waals surface area contributed by atoms with Crippen LogP contribution in [0.4, 0.5) is 5.69 Å².